The van der Waals surface area contributed by atoms with E-state index in [2.05, 4.69) is 43.9 Å². The maximum absolute atomic E-state index is 10.9. The summed E-state index contributed by atoms with van der Waals surface area (Å²) in [4.78, 5) is 13.4. The zero-order valence-corrected chi connectivity index (χ0v) is 13.4. The van der Waals surface area contributed by atoms with Crippen molar-refractivity contribution in [3.63, 3.8) is 0 Å². The molecule has 0 amide bonds. The molecule has 1 aliphatic rings. The molecule has 2 rings (SSSR count). The normalized spacial score (nSPS) is 21.2. The minimum Gasteiger partial charge on any atom is -0.481 e. The number of rotatable bonds is 5. The van der Waals surface area contributed by atoms with E-state index in [0.717, 1.165) is 26.1 Å². The number of carboxylic acids is 1. The van der Waals surface area contributed by atoms with E-state index in [1.54, 1.807) is 0 Å². The molecule has 1 N–H and O–H groups in total. The lowest BCUT2D eigenvalue weighted by atomic mass is 9.84. The Labute approximate surface area is 128 Å². The largest absolute Gasteiger partial charge is 0.481 e. The number of likely N-dealkylation sites (tertiary alicyclic amines) is 1. The third-order valence-corrected chi connectivity index (χ3v) is 4.74. The maximum atomic E-state index is 10.9. The first kappa shape index (κ1) is 16.0. The fourth-order valence-corrected chi connectivity index (χ4v) is 3.35. The quantitative estimate of drug-likeness (QED) is 0.900. The Kier molecular flexibility index (Phi) is 5.40. The highest BCUT2D eigenvalue weighted by Crippen LogP contribution is 2.27. The Balaban J connectivity index is 1.98. The van der Waals surface area contributed by atoms with Crippen LogP contribution in [0.2, 0.25) is 0 Å². The topological polar surface area (TPSA) is 40.5 Å². The standard InChI is InChI=1S/C18H27NO2/c1-13-6-7-14(2)17(9-13)12-19-8-4-5-16(11-19)15(3)10-18(20)21/h6-7,9,15-16H,4-5,8,10-12H2,1-3H3,(H,20,21). The molecule has 0 bridgehead atoms. The predicted molar refractivity (Wildman–Crippen MR) is 85.3 cm³/mol. The maximum Gasteiger partial charge on any atom is 0.303 e. The second kappa shape index (κ2) is 7.08. The summed E-state index contributed by atoms with van der Waals surface area (Å²) < 4.78 is 0. The van der Waals surface area contributed by atoms with Crippen molar-refractivity contribution >= 4 is 5.97 Å². The molecule has 1 aromatic carbocycles. The Hall–Kier alpha value is -1.35. The minimum absolute atomic E-state index is 0.268. The van der Waals surface area contributed by atoms with Gasteiger partial charge in [0.05, 0.1) is 0 Å². The summed E-state index contributed by atoms with van der Waals surface area (Å²) in [6.45, 7) is 9.54. The molecule has 1 fully saturated rings. The lowest BCUT2D eigenvalue weighted by Gasteiger charge is -2.35. The van der Waals surface area contributed by atoms with E-state index >= 15 is 0 Å². The number of hydrogen-bond acceptors (Lipinski definition) is 2. The number of piperidine rings is 1. The van der Waals surface area contributed by atoms with Crippen LogP contribution < -0.4 is 0 Å². The summed E-state index contributed by atoms with van der Waals surface area (Å²) in [7, 11) is 0. The second-order valence-corrected chi connectivity index (χ2v) is 6.64. The zero-order chi connectivity index (χ0) is 15.4. The Morgan fingerprint density at radius 2 is 2.19 bits per heavy atom. The van der Waals surface area contributed by atoms with E-state index in [0.29, 0.717) is 12.3 Å². The van der Waals surface area contributed by atoms with Gasteiger partial charge in [0.1, 0.15) is 0 Å². The molecule has 2 unspecified atom stereocenters. The SMILES string of the molecule is Cc1ccc(C)c(CN2CCCC(C(C)CC(=O)O)C2)c1. The van der Waals surface area contributed by atoms with E-state index < -0.39 is 5.97 Å². The van der Waals surface area contributed by atoms with E-state index in [1.807, 2.05) is 0 Å². The van der Waals surface area contributed by atoms with Crippen molar-refractivity contribution in [2.75, 3.05) is 13.1 Å². The van der Waals surface area contributed by atoms with Crippen LogP contribution >= 0.6 is 0 Å². The number of nitrogens with zero attached hydrogens (tertiary/aromatic N) is 1. The third kappa shape index (κ3) is 4.57. The molecule has 0 saturated carbocycles. The molecule has 0 spiro atoms. The number of hydrogen-bond donors (Lipinski definition) is 1. The van der Waals surface area contributed by atoms with Gasteiger partial charge in [0.15, 0.2) is 0 Å². The molecule has 2 atom stereocenters. The molecular weight excluding hydrogens is 262 g/mol. The molecule has 3 nitrogen and oxygen atoms in total. The Morgan fingerprint density at radius 1 is 1.43 bits per heavy atom. The molecule has 1 aromatic rings. The van der Waals surface area contributed by atoms with Crippen molar-refractivity contribution in [3.05, 3.63) is 34.9 Å². The van der Waals surface area contributed by atoms with Crippen LogP contribution in [-0.2, 0) is 11.3 Å². The van der Waals surface area contributed by atoms with Crippen LogP contribution in [0.4, 0.5) is 0 Å². The van der Waals surface area contributed by atoms with E-state index in [4.69, 9.17) is 5.11 Å². The summed E-state index contributed by atoms with van der Waals surface area (Å²) >= 11 is 0. The molecule has 3 heteroatoms. The predicted octanol–water partition coefficient (Wildman–Crippen LogP) is 3.63. The first-order chi connectivity index (χ1) is 9.95. The zero-order valence-electron chi connectivity index (χ0n) is 13.4. The van der Waals surface area contributed by atoms with Gasteiger partial charge in [0.2, 0.25) is 0 Å². The van der Waals surface area contributed by atoms with E-state index in [1.165, 1.54) is 23.1 Å². The molecule has 0 radical (unpaired) electrons. The molecule has 1 heterocycles. The van der Waals surface area contributed by atoms with Crippen molar-refractivity contribution in [2.45, 2.75) is 46.6 Å². The summed E-state index contributed by atoms with van der Waals surface area (Å²) in [5.41, 5.74) is 4.06. The van der Waals surface area contributed by atoms with Crippen LogP contribution in [0, 0.1) is 25.7 Å². The first-order valence-corrected chi connectivity index (χ1v) is 7.96. The first-order valence-electron chi connectivity index (χ1n) is 7.96. The van der Waals surface area contributed by atoms with Gasteiger partial charge in [-0.2, -0.15) is 0 Å². The summed E-state index contributed by atoms with van der Waals surface area (Å²) in [5.74, 6) is 0.109. The van der Waals surface area contributed by atoms with Crippen molar-refractivity contribution in [1.29, 1.82) is 0 Å². The van der Waals surface area contributed by atoms with Crippen LogP contribution in [0.25, 0.3) is 0 Å². The Morgan fingerprint density at radius 3 is 2.90 bits per heavy atom. The number of aliphatic carboxylic acids is 1. The van der Waals surface area contributed by atoms with Crippen LogP contribution in [0.1, 0.15) is 42.9 Å². The summed E-state index contributed by atoms with van der Waals surface area (Å²) in [6, 6.07) is 6.63. The van der Waals surface area contributed by atoms with Gasteiger partial charge >= 0.3 is 5.97 Å². The number of carbonyl (C=O) groups is 1. The molecule has 21 heavy (non-hydrogen) atoms. The minimum atomic E-state index is -0.672. The smallest absolute Gasteiger partial charge is 0.303 e. The number of carboxylic acid groups (broad SMARTS) is 1. The lowest BCUT2D eigenvalue weighted by Crippen LogP contribution is -2.38. The second-order valence-electron chi connectivity index (χ2n) is 6.64. The van der Waals surface area contributed by atoms with Crippen molar-refractivity contribution < 1.29 is 9.90 Å². The van der Waals surface area contributed by atoms with Gasteiger partial charge in [-0.25, -0.2) is 0 Å². The molecule has 0 aliphatic carbocycles. The van der Waals surface area contributed by atoms with Crippen LogP contribution in [-0.4, -0.2) is 29.1 Å². The van der Waals surface area contributed by atoms with Gasteiger partial charge in [-0.15, -0.1) is 0 Å². The van der Waals surface area contributed by atoms with Crippen molar-refractivity contribution in [3.8, 4) is 0 Å². The summed E-state index contributed by atoms with van der Waals surface area (Å²) in [6.07, 6.45) is 2.64. The van der Waals surface area contributed by atoms with Crippen LogP contribution in [0.15, 0.2) is 18.2 Å². The third-order valence-electron chi connectivity index (χ3n) is 4.74. The van der Waals surface area contributed by atoms with Gasteiger partial charge in [0, 0.05) is 19.5 Å². The number of aryl methyl sites for hydroxylation is 2. The average Bonchev–Trinajstić information content (AvgIpc) is 2.42. The van der Waals surface area contributed by atoms with Crippen molar-refractivity contribution in [2.24, 2.45) is 11.8 Å². The van der Waals surface area contributed by atoms with Gasteiger partial charge in [0.25, 0.3) is 0 Å². The fraction of sp³-hybridized carbons (Fsp3) is 0.611. The van der Waals surface area contributed by atoms with Gasteiger partial charge in [-0.1, -0.05) is 30.7 Å². The average molecular weight is 289 g/mol. The number of benzene rings is 1. The highest BCUT2D eigenvalue weighted by molar-refractivity contribution is 5.67. The van der Waals surface area contributed by atoms with Crippen molar-refractivity contribution in [1.82, 2.24) is 4.90 Å². The Bertz CT molecular complexity index is 498. The molecule has 0 aromatic heterocycles. The van der Waals surface area contributed by atoms with Gasteiger partial charge < -0.3 is 5.11 Å². The van der Waals surface area contributed by atoms with Gasteiger partial charge in [-0.05, 0) is 56.2 Å². The van der Waals surface area contributed by atoms with E-state index in [9.17, 15) is 4.79 Å². The molecular formula is C18H27NO2. The molecule has 1 aliphatic heterocycles. The lowest BCUT2D eigenvalue weighted by molar-refractivity contribution is -0.138. The van der Waals surface area contributed by atoms with Crippen LogP contribution in [0.5, 0.6) is 0 Å². The molecule has 116 valence electrons. The monoisotopic (exact) mass is 289 g/mol. The highest BCUT2D eigenvalue weighted by atomic mass is 16.4. The highest BCUT2D eigenvalue weighted by Gasteiger charge is 2.26. The summed E-state index contributed by atoms with van der Waals surface area (Å²) in [5, 5.41) is 8.97. The fourth-order valence-electron chi connectivity index (χ4n) is 3.35. The van der Waals surface area contributed by atoms with Gasteiger partial charge in [-0.3, -0.25) is 9.69 Å². The molecule has 1 saturated heterocycles. The van der Waals surface area contributed by atoms with E-state index in [-0.39, 0.29) is 5.92 Å². The van der Waals surface area contributed by atoms with Crippen LogP contribution in [0.3, 0.4) is 0 Å².